The second-order valence-electron chi connectivity index (χ2n) is 14.3. The first-order chi connectivity index (χ1) is 31.0. The molecule has 8 rings (SSSR count). The molecule has 0 spiro atoms. The van der Waals surface area contributed by atoms with Crippen LogP contribution < -0.4 is 14.2 Å². The number of aliphatic imine (C=N–C) groups is 2. The Morgan fingerprint density at radius 2 is 0.985 bits per heavy atom. The van der Waals surface area contributed by atoms with Crippen LogP contribution in [0.5, 0.6) is 40.5 Å². The number of aliphatic hydroxyl groups excluding tert-OH is 1. The van der Waals surface area contributed by atoms with E-state index in [0.717, 1.165) is 39.2 Å². The van der Waals surface area contributed by atoms with E-state index < -0.39 is 0 Å². The van der Waals surface area contributed by atoms with Crippen molar-refractivity contribution in [2.24, 2.45) is 9.98 Å². The van der Waals surface area contributed by atoms with Crippen LogP contribution in [-0.2, 0) is 23.4 Å². The van der Waals surface area contributed by atoms with Crippen LogP contribution >= 0.6 is 0 Å². The number of hydrogen-bond acceptors (Lipinski definition) is 12. The number of rotatable bonds is 12. The van der Waals surface area contributed by atoms with Gasteiger partial charge in [0.25, 0.3) is 0 Å². The number of aliphatic hydroxyl groups is 1. The standard InChI is InChI=1S/2C25H23N3O4.Co/c1-16-21(25(30)28(27-16)18-7-5-4-6-8-18)15-26-22-12-9-17(13-23(22)29)20-11-10-19(31-2)14-24(20)32-3;1-16-21(25(31)28(27-16)19-6-4-3-5-7-19)14-26-22-11-9-18(13-23(22)30)20-10-8-17(15-29)12-24(20)32-2;/h4-15,29-30H,1-3H3;3-14,29-31H,15H2,1-2H3;. The summed E-state index contributed by atoms with van der Waals surface area (Å²) >= 11 is 0. The van der Waals surface area contributed by atoms with Crippen molar-refractivity contribution < 1.29 is 56.5 Å². The number of para-hydroxylation sites is 2. The minimum absolute atomic E-state index is 0. The van der Waals surface area contributed by atoms with Crippen LogP contribution in [-0.4, -0.2) is 78.9 Å². The molecule has 333 valence electrons. The zero-order chi connectivity index (χ0) is 45.3. The predicted molar refractivity (Wildman–Crippen MR) is 247 cm³/mol. The number of aryl methyl sites for hydroxylation is 2. The van der Waals surface area contributed by atoms with E-state index in [4.69, 9.17) is 14.2 Å². The zero-order valence-corrected chi connectivity index (χ0v) is 37.1. The second kappa shape index (κ2) is 21.0. The van der Waals surface area contributed by atoms with Gasteiger partial charge in [-0.05, 0) is 97.3 Å². The summed E-state index contributed by atoms with van der Waals surface area (Å²) in [5, 5.41) is 60.4. The SMILES string of the molecule is COc1cc(CO)ccc1-c1ccc(N=Cc2c(C)nn(-c3ccccc3)c2O)c(O)c1.COc1ccc(-c2ccc(N=Cc3c(C)nn(-c4ccccc4)c3O)c(O)c2)c(OC)c1.[Co]. The first-order valence-electron chi connectivity index (χ1n) is 20.0. The van der Waals surface area contributed by atoms with Crippen LogP contribution in [0, 0.1) is 13.8 Å². The zero-order valence-electron chi connectivity index (χ0n) is 36.0. The first-order valence-corrected chi connectivity index (χ1v) is 20.0. The molecule has 0 saturated carbocycles. The Morgan fingerprint density at radius 1 is 0.538 bits per heavy atom. The third-order valence-electron chi connectivity index (χ3n) is 10.3. The maximum Gasteiger partial charge on any atom is 0.223 e. The first kappa shape index (κ1) is 46.6. The molecule has 6 aromatic carbocycles. The van der Waals surface area contributed by atoms with Gasteiger partial charge in [-0.2, -0.15) is 10.2 Å². The molecule has 0 aliphatic carbocycles. The van der Waals surface area contributed by atoms with Gasteiger partial charge < -0.3 is 39.7 Å². The van der Waals surface area contributed by atoms with Crippen LogP contribution in [0.1, 0.15) is 28.1 Å². The van der Waals surface area contributed by atoms with Gasteiger partial charge >= 0.3 is 0 Å². The molecule has 0 amide bonds. The van der Waals surface area contributed by atoms with Crippen LogP contribution in [0.15, 0.2) is 143 Å². The van der Waals surface area contributed by atoms with Gasteiger partial charge in [-0.3, -0.25) is 9.98 Å². The van der Waals surface area contributed by atoms with Crippen molar-refractivity contribution in [3.8, 4) is 74.1 Å². The number of phenolic OH excluding ortho intramolecular Hbond substituents is 2. The van der Waals surface area contributed by atoms with E-state index in [1.54, 1.807) is 77.6 Å². The molecule has 1 radical (unpaired) electrons. The summed E-state index contributed by atoms with van der Waals surface area (Å²) < 4.78 is 19.0. The molecular weight excluding hydrogens is 872 g/mol. The Hall–Kier alpha value is -7.85. The number of ether oxygens (including phenoxy) is 3. The molecule has 0 unspecified atom stereocenters. The third kappa shape index (κ3) is 10.3. The van der Waals surface area contributed by atoms with Crippen molar-refractivity contribution in [2.75, 3.05) is 21.3 Å². The molecule has 0 saturated heterocycles. The number of hydrogen-bond donors (Lipinski definition) is 5. The van der Waals surface area contributed by atoms with Gasteiger partial charge in [0.2, 0.25) is 11.8 Å². The Kier molecular flexibility index (Phi) is 15.1. The monoisotopic (exact) mass is 917 g/mol. The fourth-order valence-corrected chi connectivity index (χ4v) is 6.83. The maximum atomic E-state index is 10.6. The van der Waals surface area contributed by atoms with Gasteiger partial charge in [-0.25, -0.2) is 9.36 Å². The minimum Gasteiger partial charge on any atom is -0.506 e. The normalized spacial score (nSPS) is 11.0. The summed E-state index contributed by atoms with van der Waals surface area (Å²) in [6, 6.07) is 39.8. The van der Waals surface area contributed by atoms with Crippen molar-refractivity contribution >= 4 is 23.8 Å². The number of phenols is 2. The molecule has 2 heterocycles. The molecular formula is C50H46CoN6O8. The summed E-state index contributed by atoms with van der Waals surface area (Å²) in [4.78, 5) is 8.73. The fourth-order valence-electron chi connectivity index (χ4n) is 6.83. The van der Waals surface area contributed by atoms with Crippen molar-refractivity contribution in [3.63, 3.8) is 0 Å². The topological polar surface area (TPSA) is 189 Å². The van der Waals surface area contributed by atoms with Gasteiger partial charge in [0.15, 0.2) is 0 Å². The molecule has 8 aromatic rings. The van der Waals surface area contributed by atoms with Crippen LogP contribution in [0.3, 0.4) is 0 Å². The van der Waals surface area contributed by atoms with E-state index in [1.165, 1.54) is 21.8 Å². The van der Waals surface area contributed by atoms with Gasteiger partial charge in [0, 0.05) is 46.4 Å². The van der Waals surface area contributed by atoms with Crippen molar-refractivity contribution in [1.29, 1.82) is 0 Å². The fraction of sp³-hybridized carbons (Fsp3) is 0.120. The van der Waals surface area contributed by atoms with Crippen LogP contribution in [0.25, 0.3) is 33.6 Å². The Morgan fingerprint density at radius 3 is 1.40 bits per heavy atom. The maximum absolute atomic E-state index is 10.6. The molecule has 0 aliphatic heterocycles. The molecule has 14 nitrogen and oxygen atoms in total. The quantitative estimate of drug-likeness (QED) is 0.0739. The summed E-state index contributed by atoms with van der Waals surface area (Å²) in [6.07, 6.45) is 2.99. The van der Waals surface area contributed by atoms with Gasteiger partial charge in [-0.1, -0.05) is 60.7 Å². The van der Waals surface area contributed by atoms with Crippen molar-refractivity contribution in [1.82, 2.24) is 19.6 Å². The number of benzene rings is 6. The molecule has 0 atom stereocenters. The van der Waals surface area contributed by atoms with E-state index in [9.17, 15) is 25.5 Å². The molecule has 5 N–H and O–H groups in total. The van der Waals surface area contributed by atoms with E-state index in [2.05, 4.69) is 20.2 Å². The summed E-state index contributed by atoms with van der Waals surface area (Å²) in [5.74, 6) is 1.86. The predicted octanol–water partition coefficient (Wildman–Crippen LogP) is 9.53. The Labute approximate surface area is 385 Å². The number of aromatic nitrogens is 4. The average Bonchev–Trinajstić information content (AvgIpc) is 3.78. The minimum atomic E-state index is -0.0807. The molecule has 15 heteroatoms. The molecule has 2 aromatic heterocycles. The van der Waals surface area contributed by atoms with Crippen LogP contribution in [0.4, 0.5) is 11.4 Å². The third-order valence-corrected chi connectivity index (χ3v) is 10.3. The summed E-state index contributed by atoms with van der Waals surface area (Å²) in [6.45, 7) is 3.49. The Bertz CT molecular complexity index is 2770. The van der Waals surface area contributed by atoms with Crippen molar-refractivity contribution in [2.45, 2.75) is 20.5 Å². The summed E-state index contributed by atoms with van der Waals surface area (Å²) in [5.41, 5.74) is 8.25. The molecule has 0 aliphatic rings. The van der Waals surface area contributed by atoms with Crippen LogP contribution in [0.2, 0.25) is 0 Å². The smallest absolute Gasteiger partial charge is 0.223 e. The average molecular weight is 918 g/mol. The Balaban J connectivity index is 0.000000212. The largest absolute Gasteiger partial charge is 0.506 e. The van der Waals surface area contributed by atoms with E-state index >= 15 is 0 Å². The number of nitrogens with zero attached hydrogens (tertiary/aromatic N) is 6. The van der Waals surface area contributed by atoms with Gasteiger partial charge in [-0.15, -0.1) is 0 Å². The molecule has 0 bridgehead atoms. The molecule has 0 fully saturated rings. The van der Waals surface area contributed by atoms with E-state index in [-0.39, 0.29) is 46.6 Å². The van der Waals surface area contributed by atoms with E-state index in [0.29, 0.717) is 51.1 Å². The number of aromatic hydroxyl groups is 4. The van der Waals surface area contributed by atoms with Gasteiger partial charge in [0.05, 0.1) is 61.8 Å². The van der Waals surface area contributed by atoms with E-state index in [1.807, 2.05) is 91.0 Å². The van der Waals surface area contributed by atoms with Gasteiger partial charge in [0.1, 0.15) is 40.1 Å². The second-order valence-corrected chi connectivity index (χ2v) is 14.3. The summed E-state index contributed by atoms with van der Waals surface area (Å²) in [7, 11) is 4.74. The number of methoxy groups -OCH3 is 3. The molecule has 65 heavy (non-hydrogen) atoms. The van der Waals surface area contributed by atoms with Crippen molar-refractivity contribution in [3.05, 3.63) is 162 Å².